The summed E-state index contributed by atoms with van der Waals surface area (Å²) >= 11 is 7.00. The van der Waals surface area contributed by atoms with Crippen LogP contribution >= 0.6 is 23.4 Å². The van der Waals surface area contributed by atoms with E-state index in [1.807, 2.05) is 28.8 Å². The van der Waals surface area contributed by atoms with E-state index in [0.717, 1.165) is 27.6 Å². The zero-order valence-electron chi connectivity index (χ0n) is 18.6. The van der Waals surface area contributed by atoms with Gasteiger partial charge in [0.15, 0.2) is 0 Å². The van der Waals surface area contributed by atoms with Crippen LogP contribution in [0.15, 0.2) is 77.8 Å². The Kier molecular flexibility index (Phi) is 6.34. The fourth-order valence-corrected chi connectivity index (χ4v) is 5.20. The molecule has 0 N–H and O–H groups in total. The zero-order chi connectivity index (χ0) is 25.4. The van der Waals surface area contributed by atoms with Crippen molar-refractivity contribution in [3.05, 3.63) is 115 Å². The first kappa shape index (κ1) is 23.8. The third-order valence-electron chi connectivity index (χ3n) is 5.89. The quantitative estimate of drug-likeness (QED) is 0.161. The van der Waals surface area contributed by atoms with E-state index in [-0.39, 0.29) is 29.2 Å². The average molecular weight is 522 g/mol. The molecule has 1 aliphatic heterocycles. The molecule has 0 atom stereocenters. The smallest absolute Gasteiger partial charge is 0.293 e. The normalized spacial score (nSPS) is 14.8. The summed E-state index contributed by atoms with van der Waals surface area (Å²) in [6.07, 6.45) is 3.40. The summed E-state index contributed by atoms with van der Waals surface area (Å²) in [6, 6.07) is 18.0. The van der Waals surface area contributed by atoms with Crippen LogP contribution in [0.3, 0.4) is 0 Å². The molecule has 2 heterocycles. The van der Waals surface area contributed by atoms with Crippen LogP contribution in [0.2, 0.25) is 5.02 Å². The molecule has 0 unspecified atom stereocenters. The molecule has 1 saturated heterocycles. The number of imide groups is 1. The van der Waals surface area contributed by atoms with E-state index in [2.05, 4.69) is 0 Å². The second-order valence-electron chi connectivity index (χ2n) is 8.08. The summed E-state index contributed by atoms with van der Waals surface area (Å²) in [5, 5.41) is 11.9. The highest BCUT2D eigenvalue weighted by Crippen LogP contribution is 2.36. The molecule has 0 radical (unpaired) electrons. The molecule has 1 aliphatic rings. The van der Waals surface area contributed by atoms with Crippen molar-refractivity contribution < 1.29 is 18.9 Å². The van der Waals surface area contributed by atoms with Gasteiger partial charge in [-0.3, -0.25) is 24.6 Å². The number of fused-ring (bicyclic) bond motifs is 1. The molecule has 0 saturated carbocycles. The number of nitrogens with zero attached hydrogens (tertiary/aromatic N) is 3. The molecule has 36 heavy (non-hydrogen) atoms. The number of rotatable bonds is 6. The summed E-state index contributed by atoms with van der Waals surface area (Å²) in [5.41, 5.74) is 1.94. The molecule has 5 rings (SSSR count). The largest absolute Gasteiger partial charge is 0.342 e. The lowest BCUT2D eigenvalue weighted by atomic mass is 10.1. The van der Waals surface area contributed by atoms with Crippen molar-refractivity contribution in [3.8, 4) is 0 Å². The van der Waals surface area contributed by atoms with Crippen LogP contribution < -0.4 is 0 Å². The van der Waals surface area contributed by atoms with Gasteiger partial charge in [0.05, 0.1) is 22.9 Å². The van der Waals surface area contributed by atoms with Crippen molar-refractivity contribution in [1.29, 1.82) is 0 Å². The molecular weight excluding hydrogens is 505 g/mol. The summed E-state index contributed by atoms with van der Waals surface area (Å²) in [6.45, 7) is -0.0221. The molecule has 0 bridgehead atoms. The number of amides is 2. The zero-order valence-corrected chi connectivity index (χ0v) is 20.1. The predicted octanol–water partition coefficient (Wildman–Crippen LogP) is 6.63. The summed E-state index contributed by atoms with van der Waals surface area (Å²) in [4.78, 5) is 37.7. The molecule has 2 amide bonds. The van der Waals surface area contributed by atoms with Crippen LogP contribution in [-0.2, 0) is 17.9 Å². The fourth-order valence-electron chi connectivity index (χ4n) is 4.15. The molecule has 3 aromatic carbocycles. The third kappa shape index (κ3) is 4.38. The predicted molar refractivity (Wildman–Crippen MR) is 137 cm³/mol. The van der Waals surface area contributed by atoms with Gasteiger partial charge >= 0.3 is 0 Å². The van der Waals surface area contributed by atoms with Crippen molar-refractivity contribution >= 4 is 57.2 Å². The van der Waals surface area contributed by atoms with Crippen LogP contribution in [0, 0.1) is 15.9 Å². The van der Waals surface area contributed by atoms with Gasteiger partial charge in [0.1, 0.15) is 5.82 Å². The van der Waals surface area contributed by atoms with E-state index in [0.29, 0.717) is 16.1 Å². The highest BCUT2D eigenvalue weighted by Gasteiger charge is 2.36. The SMILES string of the molecule is O=C1S/C(=C\c2cn(Cc3c(F)cccc3Cl)c3ccccc23)C(=O)N1Cc1ccccc1[N+](=O)[O-]. The van der Waals surface area contributed by atoms with Gasteiger partial charge in [-0.2, -0.15) is 0 Å². The first-order chi connectivity index (χ1) is 17.3. The van der Waals surface area contributed by atoms with Crippen LogP contribution in [0.25, 0.3) is 17.0 Å². The number of hydrogen-bond acceptors (Lipinski definition) is 5. The molecule has 10 heteroatoms. The van der Waals surface area contributed by atoms with Crippen molar-refractivity contribution in [2.45, 2.75) is 13.1 Å². The van der Waals surface area contributed by atoms with Crippen molar-refractivity contribution in [2.24, 2.45) is 0 Å². The number of nitro benzene ring substituents is 1. The second-order valence-corrected chi connectivity index (χ2v) is 9.48. The van der Waals surface area contributed by atoms with Gasteiger partial charge < -0.3 is 4.57 Å². The Balaban J connectivity index is 1.48. The number of thioether (sulfide) groups is 1. The fraction of sp³-hybridized carbons (Fsp3) is 0.0769. The number of benzene rings is 3. The van der Waals surface area contributed by atoms with Gasteiger partial charge in [0.2, 0.25) is 0 Å². The maximum Gasteiger partial charge on any atom is 0.293 e. The molecule has 0 spiro atoms. The van der Waals surface area contributed by atoms with E-state index in [9.17, 15) is 24.1 Å². The summed E-state index contributed by atoms with van der Waals surface area (Å²) in [5.74, 6) is -0.949. The Labute approximate surface area is 213 Å². The van der Waals surface area contributed by atoms with Gasteiger partial charge in [-0.15, -0.1) is 0 Å². The van der Waals surface area contributed by atoms with Gasteiger partial charge in [-0.1, -0.05) is 54.1 Å². The summed E-state index contributed by atoms with van der Waals surface area (Å²) in [7, 11) is 0. The monoisotopic (exact) mass is 521 g/mol. The molecule has 180 valence electrons. The molecule has 1 fully saturated rings. The highest BCUT2D eigenvalue weighted by molar-refractivity contribution is 8.18. The molecule has 4 aromatic rings. The lowest BCUT2D eigenvalue weighted by molar-refractivity contribution is -0.385. The Bertz CT molecular complexity index is 1560. The maximum absolute atomic E-state index is 14.4. The van der Waals surface area contributed by atoms with Gasteiger partial charge in [-0.05, 0) is 36.0 Å². The van der Waals surface area contributed by atoms with Crippen LogP contribution in [0.5, 0.6) is 0 Å². The maximum atomic E-state index is 14.4. The number of carbonyl (C=O) groups is 2. The third-order valence-corrected chi connectivity index (χ3v) is 7.15. The molecule has 0 aliphatic carbocycles. The van der Waals surface area contributed by atoms with Gasteiger partial charge in [0.25, 0.3) is 16.8 Å². The van der Waals surface area contributed by atoms with Crippen molar-refractivity contribution in [2.75, 3.05) is 0 Å². The number of hydrogen-bond donors (Lipinski definition) is 0. The minimum absolute atomic E-state index is 0.157. The van der Waals surface area contributed by atoms with E-state index >= 15 is 0 Å². The molecular formula is C26H17ClFN3O4S. The van der Waals surface area contributed by atoms with E-state index in [4.69, 9.17) is 11.6 Å². The highest BCUT2D eigenvalue weighted by atomic mass is 35.5. The van der Waals surface area contributed by atoms with Crippen molar-refractivity contribution in [3.63, 3.8) is 0 Å². The number of aromatic nitrogens is 1. The first-order valence-electron chi connectivity index (χ1n) is 10.8. The Hall–Kier alpha value is -3.95. The lowest BCUT2D eigenvalue weighted by Crippen LogP contribution is -2.27. The molecule has 1 aromatic heterocycles. The van der Waals surface area contributed by atoms with Crippen LogP contribution in [-0.4, -0.2) is 25.5 Å². The number of carbonyl (C=O) groups excluding carboxylic acids is 2. The lowest BCUT2D eigenvalue weighted by Gasteiger charge is -2.12. The van der Waals surface area contributed by atoms with Gasteiger partial charge in [-0.25, -0.2) is 4.39 Å². The van der Waals surface area contributed by atoms with E-state index in [1.54, 1.807) is 30.5 Å². The Morgan fingerprint density at radius 1 is 1.00 bits per heavy atom. The van der Waals surface area contributed by atoms with Gasteiger partial charge in [0, 0.05) is 44.9 Å². The Morgan fingerprint density at radius 3 is 2.53 bits per heavy atom. The van der Waals surface area contributed by atoms with Crippen LogP contribution in [0.1, 0.15) is 16.7 Å². The number of halogens is 2. The van der Waals surface area contributed by atoms with Crippen molar-refractivity contribution in [1.82, 2.24) is 9.47 Å². The van der Waals surface area contributed by atoms with Crippen LogP contribution in [0.4, 0.5) is 14.9 Å². The Morgan fingerprint density at radius 2 is 1.75 bits per heavy atom. The van der Waals surface area contributed by atoms with E-state index < -0.39 is 21.9 Å². The minimum atomic E-state index is -0.541. The standard InChI is InChI=1S/C26H17ClFN3O4S/c27-20-8-5-9-21(28)19(20)15-29-13-17(18-7-2-4-11-23(18)29)12-24-25(32)30(26(33)36-24)14-16-6-1-3-10-22(16)31(34)35/h1-13H,14-15H2/b24-12-. The second kappa shape index (κ2) is 9.60. The molecule has 7 nitrogen and oxygen atoms in total. The number of nitro groups is 1. The van der Waals surface area contributed by atoms with E-state index in [1.165, 1.54) is 24.3 Å². The minimum Gasteiger partial charge on any atom is -0.342 e. The first-order valence-corrected chi connectivity index (χ1v) is 12.0. The number of para-hydroxylation sites is 2. The topological polar surface area (TPSA) is 85.5 Å². The summed E-state index contributed by atoms with van der Waals surface area (Å²) < 4.78 is 16.3. The average Bonchev–Trinajstić information content (AvgIpc) is 3.33.